The van der Waals surface area contributed by atoms with Crippen molar-refractivity contribution in [3.8, 4) is 0 Å². The quantitative estimate of drug-likeness (QED) is 0.485. The minimum Gasteiger partial charge on any atom is -0.271 e. The van der Waals surface area contributed by atoms with Gasteiger partial charge in [-0.15, -0.1) is 4.68 Å². The largest absolute Gasteiger partial charge is 0.346 e. The summed E-state index contributed by atoms with van der Waals surface area (Å²) in [6.45, 7) is 0.717. The number of hydrogen-bond donors (Lipinski definition) is 0. The van der Waals surface area contributed by atoms with Crippen LogP contribution in [0.1, 0.15) is 18.4 Å². The van der Waals surface area contributed by atoms with Crippen molar-refractivity contribution in [1.29, 1.82) is 0 Å². The van der Waals surface area contributed by atoms with Crippen LogP contribution >= 0.6 is 15.9 Å². The van der Waals surface area contributed by atoms with Gasteiger partial charge < -0.3 is 0 Å². The molecule has 5 nitrogen and oxygen atoms in total. The molecule has 130 valence electrons. The van der Waals surface area contributed by atoms with Crippen molar-refractivity contribution in [2.75, 3.05) is 6.54 Å². The molecule has 3 aromatic rings. The molecule has 0 aliphatic carbocycles. The summed E-state index contributed by atoms with van der Waals surface area (Å²) in [6, 6.07) is 13.8. The Bertz CT molecular complexity index is 988. The molecule has 1 aliphatic rings. The fraction of sp³-hybridized carbons (Fsp3) is 0.200. The highest BCUT2D eigenvalue weighted by Gasteiger charge is 2.29. The van der Waals surface area contributed by atoms with Crippen molar-refractivity contribution in [2.45, 2.75) is 19.3 Å². The van der Waals surface area contributed by atoms with Crippen molar-refractivity contribution in [1.82, 2.24) is 15.0 Å². The topological polar surface area (TPSA) is 49.1 Å². The van der Waals surface area contributed by atoms with Crippen LogP contribution < -0.4 is 0 Å². The van der Waals surface area contributed by atoms with Gasteiger partial charge in [-0.2, -0.15) is 5.01 Å². The van der Waals surface area contributed by atoms with E-state index in [2.05, 4.69) is 32.0 Å². The van der Waals surface area contributed by atoms with E-state index in [0.29, 0.717) is 19.4 Å². The minimum atomic E-state index is 0.134. The van der Waals surface area contributed by atoms with Gasteiger partial charge in [0.25, 0.3) is 5.91 Å². The summed E-state index contributed by atoms with van der Waals surface area (Å²) in [6.07, 6.45) is 7.74. The molecule has 1 aromatic carbocycles. The molecule has 2 aromatic heterocycles. The predicted octanol–water partition coefficient (Wildman–Crippen LogP) is 3.89. The Morgan fingerprint density at radius 1 is 1.15 bits per heavy atom. The Kier molecular flexibility index (Phi) is 4.75. The van der Waals surface area contributed by atoms with Crippen LogP contribution in [0.3, 0.4) is 0 Å². The summed E-state index contributed by atoms with van der Waals surface area (Å²) < 4.78 is 2.91. The predicted molar refractivity (Wildman–Crippen MR) is 104 cm³/mol. The number of fused-ring (bicyclic) bond motifs is 1. The molecule has 0 saturated carbocycles. The molecule has 0 radical (unpaired) electrons. The van der Waals surface area contributed by atoms with Gasteiger partial charge in [-0.3, -0.25) is 9.78 Å². The second kappa shape index (κ2) is 7.33. The first kappa shape index (κ1) is 16.8. The molecule has 0 atom stereocenters. The van der Waals surface area contributed by atoms with E-state index < -0.39 is 0 Å². The normalized spacial score (nSPS) is 15.0. The SMILES string of the molecule is O=C1CCCN1[N+](=CCc1ccnc2ccc(Br)cc12)c1ccccn1. The first-order valence-corrected chi connectivity index (χ1v) is 9.39. The lowest BCUT2D eigenvalue weighted by Gasteiger charge is -2.15. The number of amides is 1. The maximum absolute atomic E-state index is 12.3. The molecule has 0 unspecified atom stereocenters. The van der Waals surface area contributed by atoms with Gasteiger partial charge in [-0.25, -0.2) is 0 Å². The van der Waals surface area contributed by atoms with Crippen LogP contribution in [-0.2, 0) is 11.2 Å². The first-order chi connectivity index (χ1) is 12.7. The fourth-order valence-electron chi connectivity index (χ4n) is 3.20. The third-order valence-electron chi connectivity index (χ3n) is 4.47. The van der Waals surface area contributed by atoms with Crippen LogP contribution in [0, 0.1) is 0 Å². The van der Waals surface area contributed by atoms with Crippen molar-refractivity contribution in [2.24, 2.45) is 0 Å². The number of carbonyl (C=O) groups is 1. The highest BCUT2D eigenvalue weighted by atomic mass is 79.9. The standard InChI is InChI=1S/C20H18BrN4O/c21-16-6-7-18-17(14-16)15(8-11-22-18)9-13-24(19-4-1-2-10-23-19)25-12-3-5-20(25)26/h1-2,4,6-8,10-11,13-14H,3,5,9,12H2/q+1. The van der Waals surface area contributed by atoms with Gasteiger partial charge in [-0.05, 0) is 47.3 Å². The Morgan fingerprint density at radius 3 is 2.85 bits per heavy atom. The number of aromatic nitrogens is 2. The number of benzene rings is 1. The third kappa shape index (κ3) is 3.37. The number of pyridine rings is 2. The number of carbonyl (C=O) groups excluding carboxylic acids is 1. The van der Waals surface area contributed by atoms with Crippen LogP contribution in [0.25, 0.3) is 10.9 Å². The van der Waals surface area contributed by atoms with Crippen LogP contribution in [0.5, 0.6) is 0 Å². The van der Waals surface area contributed by atoms with E-state index in [4.69, 9.17) is 0 Å². The number of nitrogens with zero attached hydrogens (tertiary/aromatic N) is 4. The van der Waals surface area contributed by atoms with Crippen molar-refractivity contribution in [3.05, 3.63) is 64.9 Å². The maximum atomic E-state index is 12.3. The highest BCUT2D eigenvalue weighted by molar-refractivity contribution is 9.10. The number of rotatable bonds is 4. The average molecular weight is 410 g/mol. The molecule has 1 amide bonds. The average Bonchev–Trinajstić information content (AvgIpc) is 3.09. The Balaban J connectivity index is 1.74. The van der Waals surface area contributed by atoms with Crippen molar-refractivity contribution in [3.63, 3.8) is 0 Å². The number of hydrazine groups is 1. The zero-order chi connectivity index (χ0) is 17.9. The van der Waals surface area contributed by atoms with Gasteiger partial charge in [0.1, 0.15) is 12.4 Å². The zero-order valence-electron chi connectivity index (χ0n) is 14.2. The van der Waals surface area contributed by atoms with E-state index in [-0.39, 0.29) is 5.91 Å². The molecule has 0 bridgehead atoms. The summed E-state index contributed by atoms with van der Waals surface area (Å²) >= 11 is 3.53. The number of hydrogen-bond acceptors (Lipinski definition) is 3. The molecular formula is C20H18BrN4O+. The summed E-state index contributed by atoms with van der Waals surface area (Å²) in [5.41, 5.74) is 2.12. The van der Waals surface area contributed by atoms with Crippen molar-refractivity contribution >= 4 is 44.8 Å². The molecule has 1 saturated heterocycles. The van der Waals surface area contributed by atoms with Crippen LogP contribution in [0.4, 0.5) is 5.82 Å². The maximum Gasteiger partial charge on any atom is 0.346 e. The molecule has 4 rings (SSSR count). The lowest BCUT2D eigenvalue weighted by Crippen LogP contribution is -2.34. The Labute approximate surface area is 160 Å². The molecule has 0 spiro atoms. The first-order valence-electron chi connectivity index (χ1n) is 8.59. The summed E-state index contributed by atoms with van der Waals surface area (Å²) in [5, 5.41) is 2.88. The van der Waals surface area contributed by atoms with E-state index in [0.717, 1.165) is 33.2 Å². The number of halogens is 1. The molecule has 1 aliphatic heterocycles. The molecule has 0 N–H and O–H groups in total. The lowest BCUT2D eigenvalue weighted by atomic mass is 10.1. The number of hydrazone groups is 1. The highest BCUT2D eigenvalue weighted by Crippen LogP contribution is 2.22. The molecule has 1 fully saturated rings. The second-order valence-electron chi connectivity index (χ2n) is 6.17. The lowest BCUT2D eigenvalue weighted by molar-refractivity contribution is -0.598. The fourth-order valence-corrected chi connectivity index (χ4v) is 3.57. The second-order valence-corrected chi connectivity index (χ2v) is 7.09. The van der Waals surface area contributed by atoms with E-state index >= 15 is 0 Å². The third-order valence-corrected chi connectivity index (χ3v) is 4.96. The van der Waals surface area contributed by atoms with Crippen LogP contribution in [-0.4, -0.2) is 38.3 Å². The Hall–Kier alpha value is -2.60. The van der Waals surface area contributed by atoms with E-state index in [1.807, 2.05) is 53.5 Å². The minimum absolute atomic E-state index is 0.134. The van der Waals surface area contributed by atoms with Crippen LogP contribution in [0.15, 0.2) is 59.3 Å². The van der Waals surface area contributed by atoms with Gasteiger partial charge in [0.2, 0.25) is 0 Å². The Morgan fingerprint density at radius 2 is 2.08 bits per heavy atom. The van der Waals surface area contributed by atoms with Gasteiger partial charge in [0.15, 0.2) is 0 Å². The molecule has 26 heavy (non-hydrogen) atoms. The molecule has 6 heteroatoms. The van der Waals surface area contributed by atoms with E-state index in [1.54, 1.807) is 11.2 Å². The van der Waals surface area contributed by atoms with Crippen LogP contribution in [0.2, 0.25) is 0 Å². The monoisotopic (exact) mass is 409 g/mol. The van der Waals surface area contributed by atoms with Crippen molar-refractivity contribution < 1.29 is 9.48 Å². The van der Waals surface area contributed by atoms with Gasteiger partial charge >= 0.3 is 5.82 Å². The smallest absolute Gasteiger partial charge is 0.271 e. The summed E-state index contributed by atoms with van der Waals surface area (Å²) in [5.74, 6) is 0.886. The molecular weight excluding hydrogens is 392 g/mol. The van der Waals surface area contributed by atoms with E-state index in [9.17, 15) is 4.79 Å². The van der Waals surface area contributed by atoms with Gasteiger partial charge in [-0.1, -0.05) is 22.0 Å². The molecule has 3 heterocycles. The van der Waals surface area contributed by atoms with Gasteiger partial charge in [0.05, 0.1) is 12.1 Å². The van der Waals surface area contributed by atoms with Gasteiger partial charge in [0, 0.05) is 35.0 Å². The van der Waals surface area contributed by atoms with E-state index in [1.165, 1.54) is 0 Å². The zero-order valence-corrected chi connectivity index (χ0v) is 15.8. The summed E-state index contributed by atoms with van der Waals surface area (Å²) in [4.78, 5) is 21.1. The summed E-state index contributed by atoms with van der Waals surface area (Å²) in [7, 11) is 0.